The molecule has 0 saturated heterocycles. The van der Waals surface area contributed by atoms with Crippen LogP contribution in [0.3, 0.4) is 0 Å². The Morgan fingerprint density at radius 1 is 1.13 bits per heavy atom. The molecule has 0 saturated carbocycles. The van der Waals surface area contributed by atoms with Gasteiger partial charge in [0.1, 0.15) is 5.75 Å². The van der Waals surface area contributed by atoms with Gasteiger partial charge in [-0.15, -0.1) is 0 Å². The summed E-state index contributed by atoms with van der Waals surface area (Å²) in [4.78, 5) is 12.0. The minimum absolute atomic E-state index is 0.0866. The van der Waals surface area contributed by atoms with Crippen LogP contribution in [0.15, 0.2) is 60.7 Å². The number of carbonyl (C=O) groups is 1. The van der Waals surface area contributed by atoms with E-state index < -0.39 is 0 Å². The number of nitrogens with one attached hydrogen (secondary N) is 1. The molecule has 0 aromatic heterocycles. The third-order valence-corrected chi connectivity index (χ3v) is 3.65. The summed E-state index contributed by atoms with van der Waals surface area (Å²) in [6, 6.07) is 18.0. The van der Waals surface area contributed by atoms with Gasteiger partial charge in [-0.05, 0) is 37.5 Å². The van der Waals surface area contributed by atoms with Crippen molar-refractivity contribution in [3.63, 3.8) is 0 Å². The number of aryl methyl sites for hydroxylation is 1. The Hall–Kier alpha value is -2.55. The number of benzene rings is 2. The Labute approximate surface area is 138 Å². The van der Waals surface area contributed by atoms with E-state index in [-0.39, 0.29) is 11.9 Å². The summed E-state index contributed by atoms with van der Waals surface area (Å²) < 4.78 is 5.26. The van der Waals surface area contributed by atoms with Gasteiger partial charge in [0.25, 0.3) is 0 Å². The quantitative estimate of drug-likeness (QED) is 0.789. The van der Waals surface area contributed by atoms with Crippen LogP contribution >= 0.6 is 0 Å². The first-order valence-electron chi connectivity index (χ1n) is 7.84. The standard InChI is InChI=1S/C20H23NO2/c1-16(12-13-17-8-4-3-5-9-17)21-20(22)15-14-18-10-6-7-11-19(18)23-2/h3-11,14-16H,12-13H2,1-2H3,(H,21,22)/b15-14+. The highest BCUT2D eigenvalue weighted by Crippen LogP contribution is 2.18. The fraction of sp³-hybridized carbons (Fsp3) is 0.250. The highest BCUT2D eigenvalue weighted by atomic mass is 16.5. The van der Waals surface area contributed by atoms with Crippen molar-refractivity contribution >= 4 is 12.0 Å². The molecule has 2 aromatic rings. The fourth-order valence-electron chi connectivity index (χ4n) is 2.36. The first-order chi connectivity index (χ1) is 11.2. The molecule has 3 heteroatoms. The second kappa shape index (κ2) is 8.79. The van der Waals surface area contributed by atoms with E-state index in [9.17, 15) is 4.79 Å². The molecule has 3 nitrogen and oxygen atoms in total. The van der Waals surface area contributed by atoms with Gasteiger partial charge in [-0.3, -0.25) is 4.79 Å². The van der Waals surface area contributed by atoms with Gasteiger partial charge in [0, 0.05) is 17.7 Å². The van der Waals surface area contributed by atoms with Crippen molar-refractivity contribution in [1.82, 2.24) is 5.32 Å². The minimum atomic E-state index is -0.0866. The van der Waals surface area contributed by atoms with Gasteiger partial charge in [0.2, 0.25) is 5.91 Å². The molecule has 0 aliphatic carbocycles. The number of para-hydroxylation sites is 1. The van der Waals surface area contributed by atoms with Crippen LogP contribution < -0.4 is 10.1 Å². The molecule has 2 aromatic carbocycles. The van der Waals surface area contributed by atoms with E-state index >= 15 is 0 Å². The molecule has 1 unspecified atom stereocenters. The van der Waals surface area contributed by atoms with Crippen LogP contribution in [0.25, 0.3) is 6.08 Å². The van der Waals surface area contributed by atoms with Gasteiger partial charge in [0.15, 0.2) is 0 Å². The van der Waals surface area contributed by atoms with E-state index in [0.717, 1.165) is 24.2 Å². The number of carbonyl (C=O) groups excluding carboxylic acids is 1. The van der Waals surface area contributed by atoms with E-state index in [1.807, 2.05) is 49.4 Å². The lowest BCUT2D eigenvalue weighted by Crippen LogP contribution is -2.31. The Morgan fingerprint density at radius 3 is 2.57 bits per heavy atom. The maximum Gasteiger partial charge on any atom is 0.244 e. The number of rotatable bonds is 7. The average Bonchev–Trinajstić information content (AvgIpc) is 2.59. The van der Waals surface area contributed by atoms with Crippen LogP contribution in [0.4, 0.5) is 0 Å². The van der Waals surface area contributed by atoms with E-state index in [0.29, 0.717) is 0 Å². The molecule has 0 aliphatic heterocycles. The van der Waals surface area contributed by atoms with Crippen molar-refractivity contribution in [3.8, 4) is 5.75 Å². The minimum Gasteiger partial charge on any atom is -0.496 e. The van der Waals surface area contributed by atoms with Crippen molar-refractivity contribution in [2.75, 3.05) is 7.11 Å². The van der Waals surface area contributed by atoms with Gasteiger partial charge in [0.05, 0.1) is 7.11 Å². The van der Waals surface area contributed by atoms with E-state index in [2.05, 4.69) is 17.4 Å². The number of hydrogen-bond acceptors (Lipinski definition) is 2. The van der Waals surface area contributed by atoms with Crippen molar-refractivity contribution in [2.45, 2.75) is 25.8 Å². The lowest BCUT2D eigenvalue weighted by molar-refractivity contribution is -0.117. The third-order valence-electron chi connectivity index (χ3n) is 3.65. The summed E-state index contributed by atoms with van der Waals surface area (Å²) in [6.45, 7) is 2.03. The predicted molar refractivity (Wildman–Crippen MR) is 94.4 cm³/mol. The SMILES string of the molecule is COc1ccccc1/C=C/C(=O)NC(C)CCc1ccccc1. The summed E-state index contributed by atoms with van der Waals surface area (Å²) in [5.74, 6) is 0.671. The van der Waals surface area contributed by atoms with Crippen molar-refractivity contribution < 1.29 is 9.53 Å². The number of hydrogen-bond donors (Lipinski definition) is 1. The smallest absolute Gasteiger partial charge is 0.244 e. The maximum absolute atomic E-state index is 12.0. The van der Waals surface area contributed by atoms with Crippen molar-refractivity contribution in [2.24, 2.45) is 0 Å². The van der Waals surface area contributed by atoms with E-state index in [1.54, 1.807) is 19.3 Å². The Balaban J connectivity index is 1.83. The molecule has 0 heterocycles. The first kappa shape index (κ1) is 16.8. The van der Waals surface area contributed by atoms with Gasteiger partial charge in [-0.1, -0.05) is 48.5 Å². The number of ether oxygens (including phenoxy) is 1. The predicted octanol–water partition coefficient (Wildman–Crippen LogP) is 3.85. The van der Waals surface area contributed by atoms with Crippen molar-refractivity contribution in [1.29, 1.82) is 0 Å². The molecule has 1 amide bonds. The molecule has 0 radical (unpaired) electrons. The largest absolute Gasteiger partial charge is 0.496 e. The third kappa shape index (κ3) is 5.62. The fourth-order valence-corrected chi connectivity index (χ4v) is 2.36. The van der Waals surface area contributed by atoms with Crippen LogP contribution in [0, 0.1) is 0 Å². The second-order valence-corrected chi connectivity index (χ2v) is 5.51. The van der Waals surface area contributed by atoms with Crippen LogP contribution in [0.2, 0.25) is 0 Å². The van der Waals surface area contributed by atoms with Gasteiger partial charge in [-0.2, -0.15) is 0 Å². The van der Waals surface area contributed by atoms with E-state index in [4.69, 9.17) is 4.74 Å². The van der Waals surface area contributed by atoms with Crippen LogP contribution in [-0.2, 0) is 11.2 Å². The summed E-state index contributed by atoms with van der Waals surface area (Å²) in [6.07, 6.45) is 5.20. The molecular weight excluding hydrogens is 286 g/mol. The second-order valence-electron chi connectivity index (χ2n) is 5.51. The maximum atomic E-state index is 12.0. The molecule has 0 fully saturated rings. The molecule has 23 heavy (non-hydrogen) atoms. The summed E-state index contributed by atoms with van der Waals surface area (Å²) >= 11 is 0. The Kier molecular flexibility index (Phi) is 6.42. The lowest BCUT2D eigenvalue weighted by atomic mass is 10.1. The molecule has 120 valence electrons. The first-order valence-corrected chi connectivity index (χ1v) is 7.84. The van der Waals surface area contributed by atoms with Crippen LogP contribution in [0.1, 0.15) is 24.5 Å². The number of amides is 1. The highest BCUT2D eigenvalue weighted by Gasteiger charge is 2.05. The van der Waals surface area contributed by atoms with Crippen LogP contribution in [0.5, 0.6) is 5.75 Å². The molecule has 1 atom stereocenters. The molecular formula is C20H23NO2. The van der Waals surface area contributed by atoms with Crippen LogP contribution in [-0.4, -0.2) is 19.1 Å². The summed E-state index contributed by atoms with van der Waals surface area (Å²) in [5, 5.41) is 2.99. The molecule has 1 N–H and O–H groups in total. The van der Waals surface area contributed by atoms with Crippen molar-refractivity contribution in [3.05, 3.63) is 71.8 Å². The zero-order chi connectivity index (χ0) is 16.5. The van der Waals surface area contributed by atoms with Gasteiger partial charge in [-0.25, -0.2) is 0 Å². The Bertz CT molecular complexity index is 650. The summed E-state index contributed by atoms with van der Waals surface area (Å²) in [5.41, 5.74) is 2.18. The topological polar surface area (TPSA) is 38.3 Å². The zero-order valence-electron chi connectivity index (χ0n) is 13.7. The zero-order valence-corrected chi connectivity index (χ0v) is 13.7. The average molecular weight is 309 g/mol. The number of methoxy groups -OCH3 is 1. The molecule has 0 aliphatic rings. The molecule has 0 spiro atoms. The van der Waals surface area contributed by atoms with Gasteiger partial charge >= 0.3 is 0 Å². The molecule has 0 bridgehead atoms. The Morgan fingerprint density at radius 2 is 1.83 bits per heavy atom. The van der Waals surface area contributed by atoms with Gasteiger partial charge < -0.3 is 10.1 Å². The summed E-state index contributed by atoms with van der Waals surface area (Å²) in [7, 11) is 1.62. The normalized spacial score (nSPS) is 12.1. The lowest BCUT2D eigenvalue weighted by Gasteiger charge is -2.12. The highest BCUT2D eigenvalue weighted by molar-refractivity contribution is 5.92. The monoisotopic (exact) mass is 309 g/mol. The molecule has 2 rings (SSSR count). The van der Waals surface area contributed by atoms with E-state index in [1.165, 1.54) is 5.56 Å².